The molecule has 18 heavy (non-hydrogen) atoms. The number of hydrogen-bond donors (Lipinski definition) is 1. The monoisotopic (exact) mass is 273 g/mol. The van der Waals surface area contributed by atoms with Gasteiger partial charge in [0.05, 0.1) is 0 Å². The summed E-state index contributed by atoms with van der Waals surface area (Å²) in [6.45, 7) is 3.29. The molecule has 0 aliphatic heterocycles. The van der Waals surface area contributed by atoms with Crippen molar-refractivity contribution in [2.45, 2.75) is 25.9 Å². The Labute approximate surface area is 109 Å². The van der Waals surface area contributed by atoms with Crippen molar-refractivity contribution < 1.29 is 19.1 Å². The zero-order valence-electron chi connectivity index (χ0n) is 9.93. The fraction of sp³-hybridized carbons (Fsp3) is 0.333. The highest BCUT2D eigenvalue weighted by atomic mass is 35.5. The van der Waals surface area contributed by atoms with Crippen LogP contribution in [0, 0.1) is 5.82 Å². The molecule has 0 bridgehead atoms. The van der Waals surface area contributed by atoms with Crippen LogP contribution in [0.4, 0.5) is 4.39 Å². The molecule has 1 aromatic carbocycles. The van der Waals surface area contributed by atoms with Gasteiger partial charge in [-0.05, 0) is 32.0 Å². The van der Waals surface area contributed by atoms with Gasteiger partial charge < -0.3 is 10.0 Å². The van der Waals surface area contributed by atoms with Gasteiger partial charge in [-0.2, -0.15) is 0 Å². The van der Waals surface area contributed by atoms with E-state index >= 15 is 0 Å². The maximum Gasteiger partial charge on any atom is 0.331 e. The van der Waals surface area contributed by atoms with Crippen LogP contribution in [0.15, 0.2) is 18.2 Å². The number of amides is 1. The van der Waals surface area contributed by atoms with Gasteiger partial charge in [0.2, 0.25) is 6.41 Å². The Kier molecular flexibility index (Phi) is 4.67. The molecule has 1 N–H and O–H groups in total. The van der Waals surface area contributed by atoms with Crippen LogP contribution in [-0.4, -0.2) is 28.4 Å². The number of hydrogen-bond acceptors (Lipinski definition) is 2. The van der Waals surface area contributed by atoms with Crippen molar-refractivity contribution in [3.63, 3.8) is 0 Å². The van der Waals surface area contributed by atoms with Crippen LogP contribution in [0.25, 0.3) is 0 Å². The molecule has 98 valence electrons. The van der Waals surface area contributed by atoms with E-state index in [1.807, 2.05) is 0 Å². The maximum atomic E-state index is 13.7. The molecule has 0 aromatic heterocycles. The second-order valence-corrected chi connectivity index (χ2v) is 4.49. The first-order chi connectivity index (χ1) is 8.38. The molecule has 1 aromatic rings. The molecule has 0 heterocycles. The molecule has 0 saturated heterocycles. The number of aliphatic carboxylic acids is 1. The Morgan fingerprint density at radius 3 is 2.56 bits per heavy atom. The fourth-order valence-electron chi connectivity index (χ4n) is 1.63. The second kappa shape index (κ2) is 5.82. The fourth-order valence-corrected chi connectivity index (χ4v) is 1.81. The molecule has 1 unspecified atom stereocenters. The van der Waals surface area contributed by atoms with Crippen molar-refractivity contribution in [3.05, 3.63) is 34.6 Å². The number of carboxylic acid groups (broad SMARTS) is 1. The molecule has 1 rings (SSSR count). The molecule has 0 aliphatic carbocycles. The van der Waals surface area contributed by atoms with E-state index in [2.05, 4.69) is 0 Å². The third-order valence-corrected chi connectivity index (χ3v) is 2.74. The molecule has 1 atom stereocenters. The number of carbonyl (C=O) groups is 2. The lowest BCUT2D eigenvalue weighted by Gasteiger charge is -2.29. The largest absolute Gasteiger partial charge is 0.479 e. The summed E-state index contributed by atoms with van der Waals surface area (Å²) in [6, 6.07) is 1.86. The van der Waals surface area contributed by atoms with Gasteiger partial charge in [-0.1, -0.05) is 11.6 Å². The summed E-state index contributed by atoms with van der Waals surface area (Å²) in [5.41, 5.74) is -0.129. The molecule has 0 aliphatic rings. The summed E-state index contributed by atoms with van der Waals surface area (Å²) < 4.78 is 13.7. The minimum Gasteiger partial charge on any atom is -0.479 e. The topological polar surface area (TPSA) is 57.6 Å². The standard InChI is InChI=1S/C12H13ClFNO3/c1-7(2)15(6-16)11(12(17)18)9-5-8(13)3-4-10(9)14/h3-7,11H,1-2H3,(H,17,18). The number of carboxylic acids is 1. The highest BCUT2D eigenvalue weighted by molar-refractivity contribution is 6.30. The van der Waals surface area contributed by atoms with E-state index in [9.17, 15) is 19.1 Å². The van der Waals surface area contributed by atoms with E-state index in [4.69, 9.17) is 11.6 Å². The summed E-state index contributed by atoms with van der Waals surface area (Å²) in [7, 11) is 0. The Bertz CT molecular complexity index is 465. The third-order valence-electron chi connectivity index (χ3n) is 2.50. The third kappa shape index (κ3) is 2.98. The van der Waals surface area contributed by atoms with Gasteiger partial charge in [0.15, 0.2) is 6.04 Å². The van der Waals surface area contributed by atoms with Crippen LogP contribution < -0.4 is 0 Å². The molecule has 1 amide bonds. The molecular formula is C12H13ClFNO3. The number of carbonyl (C=O) groups excluding carboxylic acids is 1. The van der Waals surface area contributed by atoms with Crippen LogP contribution in [0.1, 0.15) is 25.5 Å². The first kappa shape index (κ1) is 14.4. The van der Waals surface area contributed by atoms with Gasteiger partial charge in [-0.15, -0.1) is 0 Å². The minimum absolute atomic E-state index is 0.129. The van der Waals surface area contributed by atoms with Crippen molar-refractivity contribution in [1.29, 1.82) is 0 Å². The number of halogens is 2. The van der Waals surface area contributed by atoms with E-state index in [1.54, 1.807) is 13.8 Å². The Balaban J connectivity index is 3.31. The number of benzene rings is 1. The van der Waals surface area contributed by atoms with Crippen LogP contribution in [0.2, 0.25) is 5.02 Å². The Morgan fingerprint density at radius 2 is 2.11 bits per heavy atom. The summed E-state index contributed by atoms with van der Waals surface area (Å²) >= 11 is 5.73. The molecule has 0 spiro atoms. The molecule has 0 fully saturated rings. The van der Waals surface area contributed by atoms with Gasteiger partial charge in [-0.3, -0.25) is 4.79 Å². The van der Waals surface area contributed by atoms with Gasteiger partial charge in [0.1, 0.15) is 5.82 Å². The van der Waals surface area contributed by atoms with Crippen LogP contribution in [0.5, 0.6) is 0 Å². The van der Waals surface area contributed by atoms with Gasteiger partial charge in [0, 0.05) is 16.6 Å². The Morgan fingerprint density at radius 1 is 1.50 bits per heavy atom. The lowest BCUT2D eigenvalue weighted by Crippen LogP contribution is -2.38. The first-order valence-electron chi connectivity index (χ1n) is 5.29. The van der Waals surface area contributed by atoms with Crippen LogP contribution in [0.3, 0.4) is 0 Å². The van der Waals surface area contributed by atoms with Gasteiger partial charge in [0.25, 0.3) is 0 Å². The van der Waals surface area contributed by atoms with Crippen molar-refractivity contribution in [1.82, 2.24) is 4.90 Å². The molecule has 0 radical (unpaired) electrons. The Hall–Kier alpha value is -1.62. The average Bonchev–Trinajstić information content (AvgIpc) is 2.28. The van der Waals surface area contributed by atoms with Crippen LogP contribution >= 0.6 is 11.6 Å². The molecular weight excluding hydrogens is 261 g/mol. The van der Waals surface area contributed by atoms with E-state index in [0.717, 1.165) is 11.0 Å². The SMILES string of the molecule is CC(C)N(C=O)C(C(=O)O)c1cc(Cl)ccc1F. The maximum absolute atomic E-state index is 13.7. The average molecular weight is 274 g/mol. The van der Waals surface area contributed by atoms with E-state index in [0.29, 0.717) is 6.41 Å². The number of nitrogens with zero attached hydrogens (tertiary/aromatic N) is 1. The summed E-state index contributed by atoms with van der Waals surface area (Å²) in [4.78, 5) is 23.3. The van der Waals surface area contributed by atoms with E-state index < -0.39 is 17.8 Å². The van der Waals surface area contributed by atoms with E-state index in [1.165, 1.54) is 12.1 Å². The van der Waals surface area contributed by atoms with Crippen LogP contribution in [-0.2, 0) is 9.59 Å². The second-order valence-electron chi connectivity index (χ2n) is 4.05. The van der Waals surface area contributed by atoms with Crippen molar-refractivity contribution in [2.24, 2.45) is 0 Å². The normalized spacial score (nSPS) is 12.3. The first-order valence-corrected chi connectivity index (χ1v) is 5.66. The minimum atomic E-state index is -1.39. The van der Waals surface area contributed by atoms with Crippen molar-refractivity contribution in [3.8, 4) is 0 Å². The molecule has 6 heteroatoms. The highest BCUT2D eigenvalue weighted by Crippen LogP contribution is 2.27. The zero-order valence-corrected chi connectivity index (χ0v) is 10.7. The van der Waals surface area contributed by atoms with Gasteiger partial charge in [-0.25, -0.2) is 9.18 Å². The predicted molar refractivity (Wildman–Crippen MR) is 64.8 cm³/mol. The lowest BCUT2D eigenvalue weighted by atomic mass is 10.0. The summed E-state index contributed by atoms with van der Waals surface area (Å²) in [5, 5.41) is 9.40. The van der Waals surface area contributed by atoms with Crippen molar-refractivity contribution in [2.75, 3.05) is 0 Å². The lowest BCUT2D eigenvalue weighted by molar-refractivity contribution is -0.148. The summed E-state index contributed by atoms with van der Waals surface area (Å²) in [5.74, 6) is -2.02. The van der Waals surface area contributed by atoms with Gasteiger partial charge >= 0.3 is 5.97 Å². The zero-order chi connectivity index (χ0) is 13.9. The smallest absolute Gasteiger partial charge is 0.331 e. The summed E-state index contributed by atoms with van der Waals surface area (Å²) in [6.07, 6.45) is 0.393. The quantitative estimate of drug-likeness (QED) is 0.839. The number of rotatable bonds is 5. The molecule has 4 nitrogen and oxygen atoms in total. The van der Waals surface area contributed by atoms with Crippen molar-refractivity contribution >= 4 is 24.0 Å². The predicted octanol–water partition coefficient (Wildman–Crippen LogP) is 2.47. The van der Waals surface area contributed by atoms with E-state index in [-0.39, 0.29) is 16.6 Å². The highest BCUT2D eigenvalue weighted by Gasteiger charge is 2.30. The molecule has 0 saturated carbocycles.